The largest absolute Gasteiger partial charge is 0.493 e. The van der Waals surface area contributed by atoms with Gasteiger partial charge in [0.15, 0.2) is 11.5 Å². The van der Waals surface area contributed by atoms with Crippen molar-refractivity contribution in [3.05, 3.63) is 68.6 Å². The predicted octanol–water partition coefficient (Wildman–Crippen LogP) is 3.40. The molecular weight excluding hydrogens is 416 g/mol. The second-order valence-corrected chi connectivity index (χ2v) is 8.46. The summed E-state index contributed by atoms with van der Waals surface area (Å²) in [5.74, 6) is 1.37. The molecule has 7 heteroatoms. The smallest absolute Gasteiger partial charge is 0.330 e. The van der Waals surface area contributed by atoms with Crippen molar-refractivity contribution in [2.24, 2.45) is 10.7 Å². The zero-order valence-corrected chi connectivity index (χ0v) is 20.1. The zero-order valence-electron chi connectivity index (χ0n) is 20.1. The topological polar surface area (TPSA) is 83.8 Å². The van der Waals surface area contributed by atoms with Crippen molar-refractivity contribution in [2.75, 3.05) is 20.3 Å². The number of fused-ring (bicyclic) bond motifs is 3. The molecular formula is C26H32N4O3. The van der Waals surface area contributed by atoms with Crippen molar-refractivity contribution in [1.82, 2.24) is 9.13 Å². The molecule has 0 saturated heterocycles. The summed E-state index contributed by atoms with van der Waals surface area (Å²) in [6, 6.07) is 10.2. The van der Waals surface area contributed by atoms with E-state index in [9.17, 15) is 4.79 Å². The van der Waals surface area contributed by atoms with Crippen LogP contribution in [0.3, 0.4) is 0 Å². The van der Waals surface area contributed by atoms with Gasteiger partial charge in [0.05, 0.1) is 25.1 Å². The summed E-state index contributed by atoms with van der Waals surface area (Å²) in [7, 11) is 1.63. The minimum Gasteiger partial charge on any atom is -0.493 e. The Morgan fingerprint density at radius 1 is 1.06 bits per heavy atom. The van der Waals surface area contributed by atoms with Crippen LogP contribution in [-0.4, -0.2) is 29.4 Å². The number of ether oxygens (including phenoxy) is 2. The molecule has 0 atom stereocenters. The van der Waals surface area contributed by atoms with E-state index in [-0.39, 0.29) is 5.69 Å². The number of hydrogen-bond donors (Lipinski definition) is 1. The van der Waals surface area contributed by atoms with Crippen LogP contribution in [-0.2, 0) is 19.5 Å². The zero-order chi connectivity index (χ0) is 23.7. The highest BCUT2D eigenvalue weighted by Gasteiger charge is 2.22. The van der Waals surface area contributed by atoms with E-state index in [0.29, 0.717) is 37.5 Å². The molecule has 1 aromatic heterocycles. The van der Waals surface area contributed by atoms with E-state index in [1.807, 2.05) is 43.5 Å². The number of aryl methyl sites for hydroxylation is 4. The first-order chi connectivity index (χ1) is 15.9. The third-order valence-corrected chi connectivity index (χ3v) is 6.08. The van der Waals surface area contributed by atoms with Gasteiger partial charge < -0.3 is 15.2 Å². The molecule has 3 aromatic rings. The normalized spacial score (nSPS) is 13.0. The van der Waals surface area contributed by atoms with Crippen molar-refractivity contribution < 1.29 is 9.47 Å². The molecule has 2 aromatic carbocycles. The van der Waals surface area contributed by atoms with Crippen molar-refractivity contribution in [3.63, 3.8) is 0 Å². The summed E-state index contributed by atoms with van der Waals surface area (Å²) < 4.78 is 14.8. The highest BCUT2D eigenvalue weighted by atomic mass is 16.5. The Kier molecular flexibility index (Phi) is 6.42. The summed E-state index contributed by atoms with van der Waals surface area (Å²) in [5.41, 5.74) is 13.5. The molecule has 0 bridgehead atoms. The molecule has 174 valence electrons. The number of nitrogens with two attached hydrogens (primary N) is 1. The van der Waals surface area contributed by atoms with Gasteiger partial charge in [-0.25, -0.2) is 9.79 Å². The number of methoxy groups -OCH3 is 1. The molecule has 0 amide bonds. The Bertz CT molecular complexity index is 1310. The Morgan fingerprint density at radius 3 is 2.42 bits per heavy atom. The van der Waals surface area contributed by atoms with Gasteiger partial charge in [-0.15, -0.1) is 0 Å². The van der Waals surface area contributed by atoms with Gasteiger partial charge >= 0.3 is 5.69 Å². The maximum Gasteiger partial charge on any atom is 0.330 e. The first-order valence-electron chi connectivity index (χ1n) is 11.4. The quantitative estimate of drug-likeness (QED) is 0.627. The molecule has 7 nitrogen and oxygen atoms in total. The molecule has 1 aliphatic heterocycles. The van der Waals surface area contributed by atoms with E-state index in [4.69, 9.17) is 20.2 Å². The minimum absolute atomic E-state index is 0.0994. The van der Waals surface area contributed by atoms with Crippen LogP contribution in [0, 0.1) is 20.8 Å². The van der Waals surface area contributed by atoms with Crippen molar-refractivity contribution >= 4 is 5.69 Å². The van der Waals surface area contributed by atoms with Gasteiger partial charge in [0.25, 0.3) is 0 Å². The summed E-state index contributed by atoms with van der Waals surface area (Å²) in [6.45, 7) is 10.0. The Hall–Kier alpha value is -3.32. The number of rotatable bonds is 6. The van der Waals surface area contributed by atoms with Crippen LogP contribution in [0.2, 0.25) is 0 Å². The molecule has 4 rings (SSSR count). The van der Waals surface area contributed by atoms with Gasteiger partial charge in [0.2, 0.25) is 0 Å². The number of benzene rings is 2. The maximum atomic E-state index is 13.5. The number of hydrogen-bond acceptors (Lipinski definition) is 5. The van der Waals surface area contributed by atoms with E-state index in [0.717, 1.165) is 45.8 Å². The van der Waals surface area contributed by atoms with Gasteiger partial charge in [-0.1, -0.05) is 17.7 Å². The van der Waals surface area contributed by atoms with Crippen LogP contribution >= 0.6 is 0 Å². The third kappa shape index (κ3) is 4.20. The average molecular weight is 449 g/mol. The summed E-state index contributed by atoms with van der Waals surface area (Å²) >= 11 is 0. The fourth-order valence-corrected chi connectivity index (χ4v) is 4.67. The van der Waals surface area contributed by atoms with E-state index in [1.165, 1.54) is 5.56 Å². The second-order valence-electron chi connectivity index (χ2n) is 8.46. The molecule has 0 saturated carbocycles. The van der Waals surface area contributed by atoms with E-state index < -0.39 is 0 Å². The minimum atomic E-state index is -0.0994. The SMILES string of the molecule is CCOc1cc2c(cc1OC)-c1cc(=Nc3c(C)cc(C)cc3C)n(CCN)c(=O)n1CC2. The van der Waals surface area contributed by atoms with Crippen molar-refractivity contribution in [3.8, 4) is 22.8 Å². The van der Waals surface area contributed by atoms with E-state index in [2.05, 4.69) is 19.1 Å². The Morgan fingerprint density at radius 2 is 1.79 bits per heavy atom. The van der Waals surface area contributed by atoms with Gasteiger partial charge in [0.1, 0.15) is 5.49 Å². The van der Waals surface area contributed by atoms with Crippen LogP contribution < -0.4 is 26.4 Å². The molecule has 33 heavy (non-hydrogen) atoms. The summed E-state index contributed by atoms with van der Waals surface area (Å²) in [5, 5.41) is 0. The molecule has 1 aliphatic rings. The molecule has 0 aliphatic carbocycles. The summed E-state index contributed by atoms with van der Waals surface area (Å²) in [6.07, 6.45) is 0.738. The second kappa shape index (κ2) is 9.27. The molecule has 2 N–H and O–H groups in total. The van der Waals surface area contributed by atoms with Gasteiger partial charge in [-0.05, 0) is 62.9 Å². The monoisotopic (exact) mass is 448 g/mol. The molecule has 2 heterocycles. The number of aromatic nitrogens is 2. The predicted molar refractivity (Wildman–Crippen MR) is 130 cm³/mol. The molecule has 0 spiro atoms. The lowest BCUT2D eigenvalue weighted by Gasteiger charge is -2.24. The van der Waals surface area contributed by atoms with Crippen molar-refractivity contribution in [2.45, 2.75) is 47.2 Å². The number of nitrogens with zero attached hydrogens (tertiary/aromatic N) is 3. The Balaban J connectivity index is 2.00. The summed E-state index contributed by atoms with van der Waals surface area (Å²) in [4.78, 5) is 18.5. The molecule has 0 radical (unpaired) electrons. The van der Waals surface area contributed by atoms with Crippen LogP contribution in [0.1, 0.15) is 29.2 Å². The van der Waals surface area contributed by atoms with Crippen LogP contribution in [0.25, 0.3) is 11.3 Å². The standard InChI is InChI=1S/C26H32N4O3/c1-6-33-23-13-19-7-9-29-21(20(19)14-22(23)32-5)15-24(30(10-8-27)26(29)31)28-25-17(3)11-16(2)12-18(25)4/h11-15H,6-10,27H2,1-5H3. The first-order valence-corrected chi connectivity index (χ1v) is 11.4. The van der Waals surface area contributed by atoms with Gasteiger partial charge in [-0.2, -0.15) is 0 Å². The Labute approximate surface area is 194 Å². The van der Waals surface area contributed by atoms with Crippen molar-refractivity contribution in [1.29, 1.82) is 0 Å². The first kappa shape index (κ1) is 22.9. The average Bonchev–Trinajstić information content (AvgIpc) is 2.78. The lowest BCUT2D eigenvalue weighted by atomic mass is 9.97. The third-order valence-electron chi connectivity index (χ3n) is 6.08. The van der Waals surface area contributed by atoms with Gasteiger partial charge in [0, 0.05) is 31.3 Å². The lowest BCUT2D eigenvalue weighted by Crippen LogP contribution is -2.43. The molecule has 0 fully saturated rings. The highest BCUT2D eigenvalue weighted by molar-refractivity contribution is 5.70. The maximum absolute atomic E-state index is 13.5. The van der Waals surface area contributed by atoms with E-state index >= 15 is 0 Å². The van der Waals surface area contributed by atoms with Crippen LogP contribution in [0.5, 0.6) is 11.5 Å². The fourth-order valence-electron chi connectivity index (χ4n) is 4.67. The molecule has 0 unspecified atom stereocenters. The lowest BCUT2D eigenvalue weighted by molar-refractivity contribution is 0.310. The van der Waals surface area contributed by atoms with E-state index in [1.54, 1.807) is 11.7 Å². The fraction of sp³-hybridized carbons (Fsp3) is 0.385. The van der Waals surface area contributed by atoms with Crippen LogP contribution in [0.15, 0.2) is 40.1 Å². The van der Waals surface area contributed by atoms with Gasteiger partial charge in [-0.3, -0.25) is 9.13 Å². The van der Waals surface area contributed by atoms with Crippen LogP contribution in [0.4, 0.5) is 5.69 Å². The highest BCUT2D eigenvalue weighted by Crippen LogP contribution is 2.37.